The summed E-state index contributed by atoms with van der Waals surface area (Å²) in [4.78, 5) is 11.0. The molecule has 1 saturated heterocycles. The predicted octanol–water partition coefficient (Wildman–Crippen LogP) is 2.61. The molecule has 0 amide bonds. The molecule has 1 aromatic rings. The summed E-state index contributed by atoms with van der Waals surface area (Å²) >= 11 is 5.61. The van der Waals surface area contributed by atoms with Gasteiger partial charge in [0.2, 0.25) is 0 Å². The number of anilines is 2. The standard InChI is InChI=1S/C11H17BrN4S/c1-7-8(2)17-5-4-16(7)11-9(12)10(13-3)14-6-15-11/h6-8H,4-5H2,1-3H3,(H,13,14,15). The second kappa shape index (κ2) is 5.44. The molecule has 0 spiro atoms. The highest BCUT2D eigenvalue weighted by molar-refractivity contribution is 9.10. The van der Waals surface area contributed by atoms with Gasteiger partial charge in [-0.1, -0.05) is 6.92 Å². The zero-order chi connectivity index (χ0) is 12.4. The average molecular weight is 317 g/mol. The van der Waals surface area contributed by atoms with Crippen LogP contribution in [0.4, 0.5) is 11.6 Å². The molecule has 2 atom stereocenters. The minimum absolute atomic E-state index is 0.490. The zero-order valence-corrected chi connectivity index (χ0v) is 12.7. The van der Waals surface area contributed by atoms with Crippen molar-refractivity contribution in [1.82, 2.24) is 9.97 Å². The van der Waals surface area contributed by atoms with Gasteiger partial charge in [0.1, 0.15) is 22.4 Å². The van der Waals surface area contributed by atoms with E-state index in [2.05, 4.69) is 50.0 Å². The van der Waals surface area contributed by atoms with Gasteiger partial charge in [-0.25, -0.2) is 9.97 Å². The Balaban J connectivity index is 2.33. The Hall–Kier alpha value is -0.490. The summed E-state index contributed by atoms with van der Waals surface area (Å²) < 4.78 is 0.952. The van der Waals surface area contributed by atoms with Crippen molar-refractivity contribution in [2.24, 2.45) is 0 Å². The molecule has 1 aromatic heterocycles. The summed E-state index contributed by atoms with van der Waals surface area (Å²) in [5.74, 6) is 2.98. The third-order valence-corrected chi connectivity index (χ3v) is 5.23. The summed E-state index contributed by atoms with van der Waals surface area (Å²) in [6.45, 7) is 5.56. The van der Waals surface area contributed by atoms with E-state index in [9.17, 15) is 0 Å². The lowest BCUT2D eigenvalue weighted by molar-refractivity contribution is 0.618. The molecule has 4 nitrogen and oxygen atoms in total. The van der Waals surface area contributed by atoms with E-state index in [1.807, 2.05) is 18.8 Å². The summed E-state index contributed by atoms with van der Waals surface area (Å²) in [6, 6.07) is 0.490. The maximum atomic E-state index is 4.41. The van der Waals surface area contributed by atoms with Crippen molar-refractivity contribution in [3.8, 4) is 0 Å². The number of nitrogens with zero attached hydrogens (tertiary/aromatic N) is 3. The van der Waals surface area contributed by atoms with Crippen LogP contribution in [-0.4, -0.2) is 40.6 Å². The number of hydrogen-bond acceptors (Lipinski definition) is 5. The molecular weight excluding hydrogens is 300 g/mol. The van der Waals surface area contributed by atoms with E-state index in [-0.39, 0.29) is 0 Å². The first-order valence-electron chi connectivity index (χ1n) is 5.71. The Morgan fingerprint density at radius 1 is 1.47 bits per heavy atom. The molecule has 0 saturated carbocycles. The van der Waals surface area contributed by atoms with Gasteiger partial charge in [0.05, 0.1) is 0 Å². The molecule has 17 heavy (non-hydrogen) atoms. The molecule has 94 valence electrons. The molecule has 1 N–H and O–H groups in total. The normalized spacial score (nSPS) is 24.8. The zero-order valence-electron chi connectivity index (χ0n) is 10.3. The van der Waals surface area contributed by atoms with Gasteiger partial charge in [-0.15, -0.1) is 0 Å². The molecule has 6 heteroatoms. The van der Waals surface area contributed by atoms with Gasteiger partial charge >= 0.3 is 0 Å². The Kier molecular flexibility index (Phi) is 4.14. The smallest absolute Gasteiger partial charge is 0.148 e. The Bertz CT molecular complexity index is 401. The third-order valence-electron chi connectivity index (χ3n) is 3.16. The van der Waals surface area contributed by atoms with Gasteiger partial charge in [0.15, 0.2) is 0 Å². The van der Waals surface area contributed by atoms with Crippen molar-refractivity contribution in [2.75, 3.05) is 29.6 Å². The maximum Gasteiger partial charge on any atom is 0.148 e. The highest BCUT2D eigenvalue weighted by Crippen LogP contribution is 2.34. The Labute approximate surface area is 115 Å². The summed E-state index contributed by atoms with van der Waals surface area (Å²) in [5, 5.41) is 3.70. The topological polar surface area (TPSA) is 41.1 Å². The van der Waals surface area contributed by atoms with Crippen LogP contribution >= 0.6 is 27.7 Å². The van der Waals surface area contributed by atoms with Gasteiger partial charge in [0, 0.05) is 30.6 Å². The average Bonchev–Trinajstić information content (AvgIpc) is 2.33. The van der Waals surface area contributed by atoms with Crippen LogP contribution in [-0.2, 0) is 0 Å². The second-order valence-electron chi connectivity index (χ2n) is 4.12. The van der Waals surface area contributed by atoms with Crippen LogP contribution in [0.3, 0.4) is 0 Å². The monoisotopic (exact) mass is 316 g/mol. The van der Waals surface area contributed by atoms with Crippen LogP contribution in [0.15, 0.2) is 10.8 Å². The molecular formula is C11H17BrN4S. The molecule has 0 aliphatic carbocycles. The summed E-state index contributed by atoms with van der Waals surface area (Å²) in [7, 11) is 1.87. The molecule has 0 radical (unpaired) electrons. The van der Waals surface area contributed by atoms with E-state index in [4.69, 9.17) is 0 Å². The van der Waals surface area contributed by atoms with Crippen molar-refractivity contribution >= 4 is 39.3 Å². The second-order valence-corrected chi connectivity index (χ2v) is 6.40. The fourth-order valence-electron chi connectivity index (χ4n) is 1.97. The largest absolute Gasteiger partial charge is 0.372 e. The van der Waals surface area contributed by atoms with E-state index in [0.717, 1.165) is 28.4 Å². The lowest BCUT2D eigenvalue weighted by Crippen LogP contribution is -2.45. The first kappa shape index (κ1) is 13.0. The number of halogens is 1. The van der Waals surface area contributed by atoms with E-state index in [1.54, 1.807) is 6.33 Å². The van der Waals surface area contributed by atoms with E-state index in [0.29, 0.717) is 11.3 Å². The molecule has 1 fully saturated rings. The van der Waals surface area contributed by atoms with Crippen molar-refractivity contribution < 1.29 is 0 Å². The Morgan fingerprint density at radius 3 is 2.94 bits per heavy atom. The molecule has 0 aromatic carbocycles. The van der Waals surface area contributed by atoms with Crippen molar-refractivity contribution in [3.05, 3.63) is 10.8 Å². The molecule has 0 bridgehead atoms. The minimum Gasteiger partial charge on any atom is -0.372 e. The van der Waals surface area contributed by atoms with Crippen molar-refractivity contribution in [1.29, 1.82) is 0 Å². The summed E-state index contributed by atoms with van der Waals surface area (Å²) in [5.41, 5.74) is 0. The summed E-state index contributed by atoms with van der Waals surface area (Å²) in [6.07, 6.45) is 1.62. The molecule has 2 rings (SSSR count). The van der Waals surface area contributed by atoms with Crippen molar-refractivity contribution in [3.63, 3.8) is 0 Å². The van der Waals surface area contributed by atoms with Gasteiger partial charge in [-0.2, -0.15) is 11.8 Å². The predicted molar refractivity (Wildman–Crippen MR) is 78.0 cm³/mol. The van der Waals surface area contributed by atoms with Gasteiger partial charge in [-0.05, 0) is 22.9 Å². The van der Waals surface area contributed by atoms with Gasteiger partial charge in [0.25, 0.3) is 0 Å². The number of rotatable bonds is 2. The first-order valence-corrected chi connectivity index (χ1v) is 7.55. The fraction of sp³-hybridized carbons (Fsp3) is 0.636. The van der Waals surface area contributed by atoms with E-state index in [1.165, 1.54) is 0 Å². The van der Waals surface area contributed by atoms with Crippen LogP contribution in [0.1, 0.15) is 13.8 Å². The van der Waals surface area contributed by atoms with Crippen LogP contribution in [0.5, 0.6) is 0 Å². The van der Waals surface area contributed by atoms with Crippen LogP contribution in [0.25, 0.3) is 0 Å². The highest BCUT2D eigenvalue weighted by atomic mass is 79.9. The lowest BCUT2D eigenvalue weighted by atomic mass is 10.2. The van der Waals surface area contributed by atoms with E-state index < -0.39 is 0 Å². The SMILES string of the molecule is CNc1ncnc(N2CCSC(C)C2C)c1Br. The van der Waals surface area contributed by atoms with Crippen LogP contribution in [0.2, 0.25) is 0 Å². The molecule has 1 aliphatic heterocycles. The van der Waals surface area contributed by atoms with Crippen LogP contribution < -0.4 is 10.2 Å². The fourth-order valence-corrected chi connectivity index (χ4v) is 3.70. The Morgan fingerprint density at radius 2 is 2.24 bits per heavy atom. The third kappa shape index (κ3) is 2.52. The quantitative estimate of drug-likeness (QED) is 0.908. The van der Waals surface area contributed by atoms with Crippen molar-refractivity contribution in [2.45, 2.75) is 25.1 Å². The molecule has 2 unspecified atom stereocenters. The lowest BCUT2D eigenvalue weighted by Gasteiger charge is -2.38. The van der Waals surface area contributed by atoms with Gasteiger partial charge in [-0.3, -0.25) is 0 Å². The number of nitrogens with one attached hydrogen (secondary N) is 1. The number of hydrogen-bond donors (Lipinski definition) is 1. The van der Waals surface area contributed by atoms with Crippen LogP contribution in [0, 0.1) is 0 Å². The number of aromatic nitrogens is 2. The highest BCUT2D eigenvalue weighted by Gasteiger charge is 2.28. The maximum absolute atomic E-state index is 4.41. The van der Waals surface area contributed by atoms with Gasteiger partial charge < -0.3 is 10.2 Å². The van der Waals surface area contributed by atoms with E-state index >= 15 is 0 Å². The first-order chi connectivity index (χ1) is 8.15. The molecule has 1 aliphatic rings. The number of thioether (sulfide) groups is 1. The molecule has 2 heterocycles. The minimum atomic E-state index is 0.490.